The molecule has 1 heterocycles. The van der Waals surface area contributed by atoms with Gasteiger partial charge in [-0.3, -0.25) is 0 Å². The van der Waals surface area contributed by atoms with Crippen LogP contribution in [0.15, 0.2) is 23.4 Å². The van der Waals surface area contributed by atoms with Gasteiger partial charge in [-0.05, 0) is 61.3 Å². The summed E-state index contributed by atoms with van der Waals surface area (Å²) >= 11 is 0. The molecule has 21 heavy (non-hydrogen) atoms. The summed E-state index contributed by atoms with van der Waals surface area (Å²) in [5.41, 5.74) is 5.90. The number of hydrogen-bond acceptors (Lipinski definition) is 2. The van der Waals surface area contributed by atoms with Crippen LogP contribution in [0.1, 0.15) is 67.7 Å². The Kier molecular flexibility index (Phi) is 3.21. The van der Waals surface area contributed by atoms with Gasteiger partial charge in [0.25, 0.3) is 0 Å². The van der Waals surface area contributed by atoms with Crippen molar-refractivity contribution in [3.8, 4) is 0 Å². The van der Waals surface area contributed by atoms with E-state index in [0.29, 0.717) is 0 Å². The van der Waals surface area contributed by atoms with Crippen LogP contribution in [0.5, 0.6) is 0 Å². The van der Waals surface area contributed by atoms with E-state index in [-0.39, 0.29) is 0 Å². The summed E-state index contributed by atoms with van der Waals surface area (Å²) in [4.78, 5) is 3.46. The second kappa shape index (κ2) is 5.21. The largest absolute Gasteiger partial charge is 0.411 e. The molecule has 2 aromatic rings. The number of H-pyrrole nitrogens is 1. The van der Waals surface area contributed by atoms with E-state index in [1.54, 1.807) is 0 Å². The number of rotatable bonds is 1. The molecular formula is C18H22N2O. The van der Waals surface area contributed by atoms with Gasteiger partial charge in [-0.15, -0.1) is 0 Å². The summed E-state index contributed by atoms with van der Waals surface area (Å²) in [6, 6.07) is 6.89. The van der Waals surface area contributed by atoms with Crippen LogP contribution in [0.2, 0.25) is 0 Å². The third-order valence-electron chi connectivity index (χ3n) is 5.26. The average Bonchev–Trinajstić information content (AvgIpc) is 2.93. The molecule has 1 aromatic heterocycles. The van der Waals surface area contributed by atoms with Gasteiger partial charge in [0.15, 0.2) is 0 Å². The van der Waals surface area contributed by atoms with Crippen molar-refractivity contribution in [3.05, 3.63) is 35.0 Å². The fraction of sp³-hybridized carbons (Fsp3) is 0.500. The standard InChI is InChI=1S/C18H22N2O/c21-20-17-8-4-7-14-15-11-13(12-5-2-1-3-6-12)9-10-16(15)19-18(14)17/h9-12,19,21H,1-8H2/b20-17+. The minimum absolute atomic E-state index is 0.739. The molecule has 0 bridgehead atoms. The molecule has 1 saturated carbocycles. The quantitative estimate of drug-likeness (QED) is 0.576. The molecule has 0 radical (unpaired) electrons. The number of fused-ring (bicyclic) bond motifs is 3. The Bertz CT molecular complexity index is 693. The van der Waals surface area contributed by atoms with Crippen molar-refractivity contribution < 1.29 is 5.21 Å². The number of nitrogens with zero attached hydrogens (tertiary/aromatic N) is 1. The van der Waals surface area contributed by atoms with Gasteiger partial charge in [-0.1, -0.05) is 30.5 Å². The maximum absolute atomic E-state index is 9.19. The SMILES string of the molecule is O/N=C1\CCCc2c1[nH]c1ccc(C3CCCCC3)cc21. The number of aromatic nitrogens is 1. The lowest BCUT2D eigenvalue weighted by atomic mass is 9.83. The van der Waals surface area contributed by atoms with Crippen molar-refractivity contribution in [1.82, 2.24) is 4.98 Å². The van der Waals surface area contributed by atoms with Gasteiger partial charge in [0.2, 0.25) is 0 Å². The first-order valence-electron chi connectivity index (χ1n) is 8.22. The summed E-state index contributed by atoms with van der Waals surface area (Å²) in [6.45, 7) is 0. The van der Waals surface area contributed by atoms with E-state index in [2.05, 4.69) is 28.3 Å². The Hall–Kier alpha value is -1.77. The molecule has 0 amide bonds. The molecule has 0 spiro atoms. The first kappa shape index (κ1) is 12.9. The first-order chi connectivity index (χ1) is 10.4. The van der Waals surface area contributed by atoms with E-state index < -0.39 is 0 Å². The van der Waals surface area contributed by atoms with Crippen molar-refractivity contribution in [2.45, 2.75) is 57.3 Å². The summed E-state index contributed by atoms with van der Waals surface area (Å²) in [5, 5.41) is 14.0. The highest BCUT2D eigenvalue weighted by molar-refractivity contribution is 6.06. The van der Waals surface area contributed by atoms with Gasteiger partial charge >= 0.3 is 0 Å². The average molecular weight is 282 g/mol. The highest BCUT2D eigenvalue weighted by atomic mass is 16.4. The summed E-state index contributed by atoms with van der Waals surface area (Å²) in [5.74, 6) is 0.739. The Balaban J connectivity index is 1.80. The highest BCUT2D eigenvalue weighted by Crippen LogP contribution is 2.36. The van der Waals surface area contributed by atoms with Crippen LogP contribution in [-0.4, -0.2) is 15.9 Å². The molecule has 1 fully saturated rings. The molecule has 0 unspecified atom stereocenters. The van der Waals surface area contributed by atoms with E-state index in [0.717, 1.165) is 36.6 Å². The Morgan fingerprint density at radius 1 is 1.05 bits per heavy atom. The summed E-state index contributed by atoms with van der Waals surface area (Å²) in [7, 11) is 0. The predicted octanol–water partition coefficient (Wildman–Crippen LogP) is 4.73. The lowest BCUT2D eigenvalue weighted by Crippen LogP contribution is -2.11. The number of nitrogens with one attached hydrogen (secondary N) is 1. The monoisotopic (exact) mass is 282 g/mol. The van der Waals surface area contributed by atoms with Crippen molar-refractivity contribution in [3.63, 3.8) is 0 Å². The molecule has 3 nitrogen and oxygen atoms in total. The number of aromatic amines is 1. The van der Waals surface area contributed by atoms with E-state index in [1.807, 2.05) is 0 Å². The maximum atomic E-state index is 9.19. The van der Waals surface area contributed by atoms with Crippen LogP contribution in [0, 0.1) is 0 Å². The molecule has 0 aliphatic heterocycles. The number of aryl methyl sites for hydroxylation is 1. The summed E-state index contributed by atoms with van der Waals surface area (Å²) in [6.07, 6.45) is 9.84. The second-order valence-corrected chi connectivity index (χ2v) is 6.52. The zero-order valence-corrected chi connectivity index (χ0v) is 12.4. The number of benzene rings is 1. The van der Waals surface area contributed by atoms with Crippen LogP contribution < -0.4 is 0 Å². The molecule has 3 heteroatoms. The fourth-order valence-electron chi connectivity index (χ4n) is 4.12. The normalized spacial score (nSPS) is 21.8. The smallest absolute Gasteiger partial charge is 0.103 e. The van der Waals surface area contributed by atoms with Crippen molar-refractivity contribution in [2.75, 3.05) is 0 Å². The third-order valence-corrected chi connectivity index (χ3v) is 5.26. The molecule has 0 atom stereocenters. The first-order valence-corrected chi connectivity index (χ1v) is 8.22. The van der Waals surface area contributed by atoms with Crippen LogP contribution in [0.25, 0.3) is 10.9 Å². The van der Waals surface area contributed by atoms with E-state index >= 15 is 0 Å². The molecular weight excluding hydrogens is 260 g/mol. The van der Waals surface area contributed by atoms with Crippen molar-refractivity contribution >= 4 is 16.6 Å². The van der Waals surface area contributed by atoms with Gasteiger partial charge < -0.3 is 10.2 Å². The van der Waals surface area contributed by atoms with Crippen LogP contribution >= 0.6 is 0 Å². The number of oxime groups is 1. The fourth-order valence-corrected chi connectivity index (χ4v) is 4.12. The van der Waals surface area contributed by atoms with Crippen LogP contribution in [0.4, 0.5) is 0 Å². The van der Waals surface area contributed by atoms with Gasteiger partial charge in [0, 0.05) is 10.9 Å². The number of hydrogen-bond donors (Lipinski definition) is 2. The lowest BCUT2D eigenvalue weighted by molar-refractivity contribution is 0.317. The van der Waals surface area contributed by atoms with E-state index in [9.17, 15) is 5.21 Å². The van der Waals surface area contributed by atoms with Crippen LogP contribution in [-0.2, 0) is 6.42 Å². The second-order valence-electron chi connectivity index (χ2n) is 6.52. The minimum Gasteiger partial charge on any atom is -0.411 e. The zero-order chi connectivity index (χ0) is 14.2. The van der Waals surface area contributed by atoms with Gasteiger partial charge in [0.1, 0.15) is 5.71 Å². The van der Waals surface area contributed by atoms with Crippen molar-refractivity contribution in [2.24, 2.45) is 5.16 Å². The van der Waals surface area contributed by atoms with Crippen LogP contribution in [0.3, 0.4) is 0 Å². The molecule has 0 saturated heterocycles. The molecule has 2 N–H and O–H groups in total. The van der Waals surface area contributed by atoms with Gasteiger partial charge in [-0.2, -0.15) is 0 Å². The Labute approximate surface area is 125 Å². The maximum Gasteiger partial charge on any atom is 0.103 e. The van der Waals surface area contributed by atoms with Gasteiger partial charge in [0.05, 0.1) is 5.69 Å². The highest BCUT2D eigenvalue weighted by Gasteiger charge is 2.22. The van der Waals surface area contributed by atoms with Crippen molar-refractivity contribution in [1.29, 1.82) is 0 Å². The minimum atomic E-state index is 0.739. The molecule has 2 aliphatic rings. The van der Waals surface area contributed by atoms with E-state index in [4.69, 9.17) is 0 Å². The Morgan fingerprint density at radius 2 is 1.90 bits per heavy atom. The lowest BCUT2D eigenvalue weighted by Gasteiger charge is -2.22. The molecule has 4 rings (SSSR count). The topological polar surface area (TPSA) is 48.4 Å². The van der Waals surface area contributed by atoms with Gasteiger partial charge in [-0.25, -0.2) is 0 Å². The predicted molar refractivity (Wildman–Crippen MR) is 85.4 cm³/mol. The summed E-state index contributed by atoms with van der Waals surface area (Å²) < 4.78 is 0. The van der Waals surface area contributed by atoms with E-state index in [1.165, 1.54) is 54.1 Å². The Morgan fingerprint density at radius 3 is 2.71 bits per heavy atom. The molecule has 110 valence electrons. The molecule has 1 aromatic carbocycles. The third kappa shape index (κ3) is 2.15. The molecule has 2 aliphatic carbocycles. The zero-order valence-electron chi connectivity index (χ0n) is 12.4.